The average Bonchev–Trinajstić information content (AvgIpc) is 2.30. The predicted octanol–water partition coefficient (Wildman–Crippen LogP) is 3.76. The van der Waals surface area contributed by atoms with Gasteiger partial charge in [-0.3, -0.25) is 10.2 Å². The lowest BCUT2D eigenvalue weighted by Gasteiger charge is -2.03. The summed E-state index contributed by atoms with van der Waals surface area (Å²) in [6.07, 6.45) is 1.25. The number of hydrogen-bond acceptors (Lipinski definition) is 0. The van der Waals surface area contributed by atoms with Gasteiger partial charge >= 0.3 is 0 Å². The second kappa shape index (κ2) is 4.71. The van der Waals surface area contributed by atoms with E-state index in [9.17, 15) is 10.2 Å². The van der Waals surface area contributed by atoms with Crippen molar-refractivity contribution in [3.05, 3.63) is 59.7 Å². The number of hydrogen-bond donors (Lipinski definition) is 0. The Balaban J connectivity index is 2.09. The standard InChI is InChI=1S/C14H12O2/c15-13-7-3-1-5-11(13)9-10-12-6-2-4-8-14(12)16/h1-8H,9-10H2. The summed E-state index contributed by atoms with van der Waals surface area (Å²) in [5.74, 6) is 0.0942. The third-order valence-corrected chi connectivity index (χ3v) is 2.61. The Labute approximate surface area is 94.8 Å². The first-order valence-electron chi connectivity index (χ1n) is 5.27. The van der Waals surface area contributed by atoms with Crippen LogP contribution in [0.2, 0.25) is 0 Å². The molecule has 0 saturated heterocycles. The van der Waals surface area contributed by atoms with Gasteiger partial charge in [0, 0.05) is 0 Å². The minimum absolute atomic E-state index is 0.0471. The molecular weight excluding hydrogens is 200 g/mol. The Morgan fingerprint density at radius 1 is 0.625 bits per heavy atom. The number of rotatable bonds is 3. The van der Waals surface area contributed by atoms with Crippen molar-refractivity contribution in [1.29, 1.82) is 0 Å². The van der Waals surface area contributed by atoms with E-state index < -0.39 is 0 Å². The van der Waals surface area contributed by atoms with Crippen LogP contribution < -0.4 is 0 Å². The molecule has 0 N–H and O–H groups in total. The van der Waals surface area contributed by atoms with Crippen LogP contribution in [-0.2, 0) is 23.1 Å². The summed E-state index contributed by atoms with van der Waals surface area (Å²) in [6, 6.07) is 13.9. The molecule has 2 aromatic carbocycles. The minimum Gasteiger partial charge on any atom is -0.290 e. The Morgan fingerprint density at radius 3 is 1.38 bits per heavy atom. The quantitative estimate of drug-likeness (QED) is 0.743. The molecule has 16 heavy (non-hydrogen) atoms. The first-order valence-corrected chi connectivity index (χ1v) is 5.27. The van der Waals surface area contributed by atoms with Gasteiger partial charge in [0.15, 0.2) is 11.5 Å². The van der Waals surface area contributed by atoms with Crippen LogP contribution in [0, 0.1) is 0 Å². The van der Waals surface area contributed by atoms with Gasteiger partial charge in [-0.25, -0.2) is 0 Å². The molecule has 0 atom stereocenters. The SMILES string of the molecule is [O]c1ccccc1CCc1ccccc1[O]. The Hall–Kier alpha value is -1.96. The van der Waals surface area contributed by atoms with Crippen molar-refractivity contribution >= 4 is 0 Å². The molecule has 0 saturated carbocycles. The monoisotopic (exact) mass is 212 g/mol. The highest BCUT2D eigenvalue weighted by Crippen LogP contribution is 2.22. The molecule has 2 radical (unpaired) electrons. The molecule has 0 aliphatic heterocycles. The predicted molar refractivity (Wildman–Crippen MR) is 60.6 cm³/mol. The van der Waals surface area contributed by atoms with Gasteiger partial charge < -0.3 is 0 Å². The number of para-hydroxylation sites is 2. The fourth-order valence-electron chi connectivity index (χ4n) is 1.69. The van der Waals surface area contributed by atoms with E-state index >= 15 is 0 Å². The zero-order valence-electron chi connectivity index (χ0n) is 8.85. The average molecular weight is 212 g/mol. The van der Waals surface area contributed by atoms with E-state index in [4.69, 9.17) is 0 Å². The number of benzene rings is 2. The maximum Gasteiger partial charge on any atom is 0.181 e. The van der Waals surface area contributed by atoms with Gasteiger partial charge in [-0.2, -0.15) is 0 Å². The van der Waals surface area contributed by atoms with Crippen LogP contribution in [0.3, 0.4) is 0 Å². The lowest BCUT2D eigenvalue weighted by atomic mass is 10.0. The topological polar surface area (TPSA) is 39.8 Å². The molecule has 0 aromatic heterocycles. The smallest absolute Gasteiger partial charge is 0.181 e. The molecule has 2 nitrogen and oxygen atoms in total. The van der Waals surface area contributed by atoms with E-state index in [0.717, 1.165) is 11.1 Å². The summed E-state index contributed by atoms with van der Waals surface area (Å²) in [5.41, 5.74) is 1.54. The molecule has 0 fully saturated rings. The maximum atomic E-state index is 11.4. The summed E-state index contributed by atoms with van der Waals surface area (Å²) in [6.45, 7) is 0. The largest absolute Gasteiger partial charge is 0.290 e. The molecule has 0 unspecified atom stereocenters. The van der Waals surface area contributed by atoms with E-state index in [1.54, 1.807) is 24.3 Å². The molecule has 2 heteroatoms. The highest BCUT2D eigenvalue weighted by molar-refractivity contribution is 5.35. The van der Waals surface area contributed by atoms with Crippen LogP contribution in [0.4, 0.5) is 0 Å². The van der Waals surface area contributed by atoms with Crippen LogP contribution in [0.5, 0.6) is 11.5 Å². The van der Waals surface area contributed by atoms with E-state index in [2.05, 4.69) is 0 Å². The second-order valence-corrected chi connectivity index (χ2v) is 3.72. The Bertz CT molecular complexity index is 432. The van der Waals surface area contributed by atoms with Gasteiger partial charge in [-0.1, -0.05) is 36.4 Å². The van der Waals surface area contributed by atoms with Crippen molar-refractivity contribution in [3.63, 3.8) is 0 Å². The second-order valence-electron chi connectivity index (χ2n) is 3.72. The molecular formula is C14H12O2. The van der Waals surface area contributed by atoms with Crippen molar-refractivity contribution in [1.82, 2.24) is 0 Å². The fourth-order valence-corrected chi connectivity index (χ4v) is 1.69. The van der Waals surface area contributed by atoms with Gasteiger partial charge in [0.1, 0.15) is 0 Å². The van der Waals surface area contributed by atoms with Crippen molar-refractivity contribution in [3.8, 4) is 11.5 Å². The summed E-state index contributed by atoms with van der Waals surface area (Å²) < 4.78 is 0. The van der Waals surface area contributed by atoms with E-state index in [-0.39, 0.29) is 11.5 Å². The van der Waals surface area contributed by atoms with Crippen molar-refractivity contribution < 1.29 is 10.2 Å². The molecule has 0 aliphatic carbocycles. The van der Waals surface area contributed by atoms with Crippen LogP contribution >= 0.6 is 0 Å². The zero-order chi connectivity index (χ0) is 11.4. The molecule has 0 heterocycles. The molecule has 2 aromatic rings. The zero-order valence-corrected chi connectivity index (χ0v) is 8.85. The van der Waals surface area contributed by atoms with Crippen LogP contribution in [0.15, 0.2) is 48.5 Å². The first kappa shape index (κ1) is 10.6. The summed E-state index contributed by atoms with van der Waals surface area (Å²) in [7, 11) is 0. The van der Waals surface area contributed by atoms with Crippen LogP contribution in [0.1, 0.15) is 11.1 Å². The minimum atomic E-state index is 0.0471. The molecule has 0 aliphatic rings. The number of aryl methyl sites for hydroxylation is 2. The molecule has 80 valence electrons. The Kier molecular flexibility index (Phi) is 3.10. The normalized spacial score (nSPS) is 10.2. The van der Waals surface area contributed by atoms with Crippen LogP contribution in [0.25, 0.3) is 0 Å². The molecule has 2 rings (SSSR count). The van der Waals surface area contributed by atoms with Crippen molar-refractivity contribution in [2.45, 2.75) is 12.8 Å². The summed E-state index contributed by atoms with van der Waals surface area (Å²) in [5, 5.41) is 22.9. The maximum absolute atomic E-state index is 11.4. The lowest BCUT2D eigenvalue weighted by Crippen LogP contribution is -1.91. The van der Waals surface area contributed by atoms with Gasteiger partial charge in [0.2, 0.25) is 0 Å². The van der Waals surface area contributed by atoms with Gasteiger partial charge in [-0.05, 0) is 36.1 Å². The van der Waals surface area contributed by atoms with E-state index in [0.29, 0.717) is 12.8 Å². The summed E-state index contributed by atoms with van der Waals surface area (Å²) in [4.78, 5) is 0. The van der Waals surface area contributed by atoms with E-state index in [1.165, 1.54) is 0 Å². The van der Waals surface area contributed by atoms with Crippen molar-refractivity contribution in [2.75, 3.05) is 0 Å². The van der Waals surface area contributed by atoms with Gasteiger partial charge in [0.25, 0.3) is 0 Å². The summed E-state index contributed by atoms with van der Waals surface area (Å²) >= 11 is 0. The third-order valence-electron chi connectivity index (χ3n) is 2.61. The Morgan fingerprint density at radius 2 is 1.00 bits per heavy atom. The van der Waals surface area contributed by atoms with E-state index in [1.807, 2.05) is 24.3 Å². The van der Waals surface area contributed by atoms with Crippen LogP contribution in [-0.4, -0.2) is 0 Å². The lowest BCUT2D eigenvalue weighted by molar-refractivity contribution is 0.346. The van der Waals surface area contributed by atoms with Gasteiger partial charge in [0.05, 0.1) is 0 Å². The fraction of sp³-hybridized carbons (Fsp3) is 0.143. The molecule has 0 amide bonds. The third kappa shape index (κ3) is 2.34. The first-order chi connectivity index (χ1) is 7.77. The highest BCUT2D eigenvalue weighted by atomic mass is 16.3. The molecule has 0 spiro atoms. The van der Waals surface area contributed by atoms with Gasteiger partial charge in [-0.15, -0.1) is 0 Å². The molecule has 0 bridgehead atoms. The van der Waals surface area contributed by atoms with Crippen molar-refractivity contribution in [2.24, 2.45) is 0 Å². The highest BCUT2D eigenvalue weighted by Gasteiger charge is 2.05.